The molecule has 1 heterocycles. The molecule has 1 aliphatic heterocycles. The smallest absolute Gasteiger partial charge is 0.305 e. The molecule has 7 heteroatoms. The van der Waals surface area contributed by atoms with Crippen molar-refractivity contribution in [3.63, 3.8) is 0 Å². The zero-order valence-electron chi connectivity index (χ0n) is 11.9. The normalized spacial score (nSPS) is 19.1. The van der Waals surface area contributed by atoms with Crippen molar-refractivity contribution in [3.05, 3.63) is 39.4 Å². The van der Waals surface area contributed by atoms with Gasteiger partial charge in [0.1, 0.15) is 5.82 Å². The highest BCUT2D eigenvalue weighted by molar-refractivity contribution is 5.37. The maximum absolute atomic E-state index is 13.6. The average Bonchev–Trinajstić information content (AvgIpc) is 2.88. The van der Waals surface area contributed by atoms with E-state index in [1.54, 1.807) is 0 Å². The molecule has 1 atom stereocenters. The van der Waals surface area contributed by atoms with Crippen molar-refractivity contribution < 1.29 is 13.7 Å². The number of hydrogen-bond acceptors (Lipinski definition) is 4. The number of halogens is 2. The molecule has 21 heavy (non-hydrogen) atoms. The third-order valence-electron chi connectivity index (χ3n) is 3.88. The number of nitro groups is 1. The predicted molar refractivity (Wildman–Crippen MR) is 74.9 cm³/mol. The van der Waals surface area contributed by atoms with Crippen LogP contribution in [0.5, 0.6) is 0 Å². The molecule has 0 aromatic heterocycles. The molecule has 1 saturated heterocycles. The van der Waals surface area contributed by atoms with E-state index in [1.165, 1.54) is 0 Å². The van der Waals surface area contributed by atoms with Gasteiger partial charge < -0.3 is 10.2 Å². The van der Waals surface area contributed by atoms with E-state index < -0.39 is 22.2 Å². The lowest BCUT2D eigenvalue weighted by Crippen LogP contribution is -2.26. The third kappa shape index (κ3) is 3.95. The van der Waals surface area contributed by atoms with Gasteiger partial charge in [-0.25, -0.2) is 4.39 Å². The van der Waals surface area contributed by atoms with Gasteiger partial charge in [0.2, 0.25) is 5.82 Å². The molecule has 0 spiro atoms. The van der Waals surface area contributed by atoms with Gasteiger partial charge in [-0.05, 0) is 32.0 Å². The van der Waals surface area contributed by atoms with Crippen molar-refractivity contribution >= 4 is 5.69 Å². The molecular formula is C14H19F2N3O2. The molecule has 1 N–H and O–H groups in total. The van der Waals surface area contributed by atoms with Crippen LogP contribution in [0, 0.1) is 27.7 Å². The van der Waals surface area contributed by atoms with Crippen LogP contribution in [0.15, 0.2) is 12.1 Å². The number of rotatable bonds is 6. The highest BCUT2D eigenvalue weighted by Gasteiger charge is 2.21. The minimum absolute atomic E-state index is 0.119. The molecule has 116 valence electrons. The molecule has 5 nitrogen and oxygen atoms in total. The van der Waals surface area contributed by atoms with Gasteiger partial charge in [-0.3, -0.25) is 10.1 Å². The van der Waals surface area contributed by atoms with Crippen molar-refractivity contribution in [3.8, 4) is 0 Å². The summed E-state index contributed by atoms with van der Waals surface area (Å²) in [5.41, 5.74) is -0.570. The summed E-state index contributed by atoms with van der Waals surface area (Å²) in [6.45, 7) is 6.10. The summed E-state index contributed by atoms with van der Waals surface area (Å²) in [5, 5.41) is 13.8. The van der Waals surface area contributed by atoms with Gasteiger partial charge in [-0.2, -0.15) is 4.39 Å². The number of hydrogen-bond donors (Lipinski definition) is 1. The van der Waals surface area contributed by atoms with Crippen LogP contribution in [0.2, 0.25) is 0 Å². The summed E-state index contributed by atoms with van der Waals surface area (Å²) in [7, 11) is 0. The van der Waals surface area contributed by atoms with Crippen molar-refractivity contribution in [2.45, 2.75) is 19.9 Å². The molecule has 0 bridgehead atoms. The van der Waals surface area contributed by atoms with E-state index in [0.29, 0.717) is 12.0 Å². The first-order valence-corrected chi connectivity index (χ1v) is 7.06. The first kappa shape index (κ1) is 15.8. The third-order valence-corrected chi connectivity index (χ3v) is 3.88. The quantitative estimate of drug-likeness (QED) is 0.647. The monoisotopic (exact) mass is 299 g/mol. The number of nitrogens with zero attached hydrogens (tertiary/aromatic N) is 2. The summed E-state index contributed by atoms with van der Waals surface area (Å²) >= 11 is 0. The van der Waals surface area contributed by atoms with Crippen LogP contribution in [0.1, 0.15) is 18.9 Å². The van der Waals surface area contributed by atoms with Crippen LogP contribution >= 0.6 is 0 Å². The number of benzene rings is 1. The second-order valence-electron chi connectivity index (χ2n) is 5.33. The Hall–Kier alpha value is -1.60. The zero-order valence-corrected chi connectivity index (χ0v) is 11.9. The van der Waals surface area contributed by atoms with E-state index in [4.69, 9.17) is 0 Å². The van der Waals surface area contributed by atoms with Crippen LogP contribution in [0.4, 0.5) is 14.5 Å². The highest BCUT2D eigenvalue weighted by atomic mass is 19.1. The van der Waals surface area contributed by atoms with E-state index in [2.05, 4.69) is 17.1 Å². The minimum Gasteiger partial charge on any atom is -0.312 e. The van der Waals surface area contributed by atoms with Gasteiger partial charge in [0.05, 0.1) is 4.92 Å². The zero-order chi connectivity index (χ0) is 15.4. The summed E-state index contributed by atoms with van der Waals surface area (Å²) in [5.74, 6) is -1.40. The van der Waals surface area contributed by atoms with E-state index in [0.717, 1.165) is 38.7 Å². The Morgan fingerprint density at radius 2 is 2.19 bits per heavy atom. The Morgan fingerprint density at radius 3 is 2.81 bits per heavy atom. The molecule has 1 unspecified atom stereocenters. The molecule has 1 aliphatic rings. The van der Waals surface area contributed by atoms with Gasteiger partial charge in [0, 0.05) is 30.8 Å². The molecule has 0 aliphatic carbocycles. The number of nitro benzene ring substituents is 1. The van der Waals surface area contributed by atoms with Crippen molar-refractivity contribution in [2.24, 2.45) is 5.92 Å². The van der Waals surface area contributed by atoms with Crippen LogP contribution in [-0.2, 0) is 6.54 Å². The largest absolute Gasteiger partial charge is 0.312 e. The Bertz CT molecular complexity index is 525. The van der Waals surface area contributed by atoms with Crippen LogP contribution in [-0.4, -0.2) is 36.0 Å². The molecular weight excluding hydrogens is 280 g/mol. The van der Waals surface area contributed by atoms with Crippen LogP contribution in [0.25, 0.3) is 0 Å². The topological polar surface area (TPSA) is 58.4 Å². The van der Waals surface area contributed by atoms with Gasteiger partial charge in [-0.15, -0.1) is 0 Å². The predicted octanol–water partition coefficient (Wildman–Crippen LogP) is 2.30. The van der Waals surface area contributed by atoms with E-state index in [9.17, 15) is 18.9 Å². The van der Waals surface area contributed by atoms with Gasteiger partial charge in [0.15, 0.2) is 0 Å². The Morgan fingerprint density at radius 1 is 1.43 bits per heavy atom. The first-order chi connectivity index (χ1) is 10.0. The fraction of sp³-hybridized carbons (Fsp3) is 0.571. The summed E-state index contributed by atoms with van der Waals surface area (Å²) in [4.78, 5) is 12.2. The maximum atomic E-state index is 13.6. The average molecular weight is 299 g/mol. The lowest BCUT2D eigenvalue weighted by atomic mass is 10.1. The van der Waals surface area contributed by atoms with Crippen LogP contribution in [0.3, 0.4) is 0 Å². The number of likely N-dealkylation sites (tertiary alicyclic amines) is 1. The lowest BCUT2D eigenvalue weighted by Gasteiger charge is -2.14. The summed E-state index contributed by atoms with van der Waals surface area (Å²) in [6.07, 6.45) is 1.09. The van der Waals surface area contributed by atoms with E-state index in [1.807, 2.05) is 0 Å². The molecule has 2 rings (SSSR count). The molecule has 0 radical (unpaired) electrons. The van der Waals surface area contributed by atoms with Crippen molar-refractivity contribution in [1.82, 2.24) is 10.2 Å². The van der Waals surface area contributed by atoms with Gasteiger partial charge in [-0.1, -0.05) is 6.92 Å². The standard InChI is InChI=1S/C14H19F2N3O2/c1-2-18-4-3-10(9-18)7-17-8-11-5-14(19(20)21)13(16)6-12(11)15/h5-6,10,17H,2-4,7-9H2,1H3. The molecule has 1 aromatic carbocycles. The molecule has 0 amide bonds. The molecule has 1 aromatic rings. The van der Waals surface area contributed by atoms with Crippen molar-refractivity contribution in [2.75, 3.05) is 26.2 Å². The molecule has 0 saturated carbocycles. The fourth-order valence-corrected chi connectivity index (χ4v) is 2.63. The van der Waals surface area contributed by atoms with E-state index in [-0.39, 0.29) is 12.1 Å². The molecule has 1 fully saturated rings. The van der Waals surface area contributed by atoms with E-state index >= 15 is 0 Å². The summed E-state index contributed by atoms with van der Waals surface area (Å²) < 4.78 is 26.8. The minimum atomic E-state index is -1.14. The van der Waals surface area contributed by atoms with Gasteiger partial charge >= 0.3 is 5.69 Å². The second-order valence-corrected chi connectivity index (χ2v) is 5.33. The van der Waals surface area contributed by atoms with Gasteiger partial charge in [0.25, 0.3) is 0 Å². The highest BCUT2D eigenvalue weighted by Crippen LogP contribution is 2.21. The second kappa shape index (κ2) is 6.91. The fourth-order valence-electron chi connectivity index (χ4n) is 2.63. The van der Waals surface area contributed by atoms with Crippen LogP contribution < -0.4 is 5.32 Å². The maximum Gasteiger partial charge on any atom is 0.305 e. The number of nitrogens with one attached hydrogen (secondary N) is 1. The van der Waals surface area contributed by atoms with Crippen molar-refractivity contribution in [1.29, 1.82) is 0 Å². The Balaban J connectivity index is 1.91. The summed E-state index contributed by atoms with van der Waals surface area (Å²) in [6, 6.07) is 1.54. The lowest BCUT2D eigenvalue weighted by molar-refractivity contribution is -0.387. The Labute approximate surface area is 122 Å². The SMILES string of the molecule is CCN1CCC(CNCc2cc([N+](=O)[O-])c(F)cc2F)C1. The Kier molecular flexibility index (Phi) is 5.19. The first-order valence-electron chi connectivity index (χ1n) is 7.06.